The molecule has 0 spiro atoms. The molecule has 0 aliphatic carbocycles. The van der Waals surface area contributed by atoms with Gasteiger partial charge < -0.3 is 5.73 Å². The normalized spacial score (nSPS) is 10.5. The summed E-state index contributed by atoms with van der Waals surface area (Å²) in [4.78, 5) is 3.99. The van der Waals surface area contributed by atoms with E-state index in [0.29, 0.717) is 6.54 Å². The van der Waals surface area contributed by atoms with Crippen LogP contribution in [0.5, 0.6) is 0 Å². The average molecular weight is 202 g/mol. The van der Waals surface area contributed by atoms with Crippen LogP contribution in [0.1, 0.15) is 11.3 Å². The first kappa shape index (κ1) is 9.86. The Hall–Kier alpha value is -1.68. The van der Waals surface area contributed by atoms with Crippen molar-refractivity contribution in [3.8, 4) is 11.3 Å². The highest BCUT2D eigenvalue weighted by Crippen LogP contribution is 2.22. The van der Waals surface area contributed by atoms with Crippen LogP contribution in [-0.4, -0.2) is 21.7 Å². The van der Waals surface area contributed by atoms with Gasteiger partial charge in [-0.15, -0.1) is 0 Å². The number of pyridine rings is 1. The van der Waals surface area contributed by atoms with Crippen LogP contribution in [0.15, 0.2) is 24.5 Å². The van der Waals surface area contributed by atoms with Crippen molar-refractivity contribution < 1.29 is 0 Å². The molecule has 2 heterocycles. The summed E-state index contributed by atoms with van der Waals surface area (Å²) in [7, 11) is 0. The molecule has 4 nitrogen and oxygen atoms in total. The number of hydrogen-bond donors (Lipinski definition) is 2. The Morgan fingerprint density at radius 3 is 2.73 bits per heavy atom. The van der Waals surface area contributed by atoms with Gasteiger partial charge in [-0.25, -0.2) is 0 Å². The fourth-order valence-corrected chi connectivity index (χ4v) is 1.61. The van der Waals surface area contributed by atoms with E-state index in [0.717, 1.165) is 23.4 Å². The molecule has 0 amide bonds. The zero-order valence-corrected chi connectivity index (χ0v) is 8.70. The molecule has 0 aromatic carbocycles. The molecular weight excluding hydrogens is 188 g/mol. The van der Waals surface area contributed by atoms with Gasteiger partial charge >= 0.3 is 0 Å². The summed E-state index contributed by atoms with van der Waals surface area (Å²) in [5.41, 5.74) is 9.88. The molecule has 0 atom stereocenters. The predicted octanol–water partition coefficient (Wildman–Crippen LogP) is 1.28. The Morgan fingerprint density at radius 2 is 2.07 bits per heavy atom. The zero-order valence-electron chi connectivity index (χ0n) is 8.70. The lowest BCUT2D eigenvalue weighted by atomic mass is 10.1. The first-order chi connectivity index (χ1) is 7.33. The molecule has 0 aliphatic rings. The van der Waals surface area contributed by atoms with Gasteiger partial charge in [-0.3, -0.25) is 10.1 Å². The molecule has 0 fully saturated rings. The van der Waals surface area contributed by atoms with Crippen LogP contribution < -0.4 is 5.73 Å². The standard InChI is InChI=1S/C11H14N4/c1-8-10(2-5-12)14-15-11(8)9-3-6-13-7-4-9/h3-4,6-7H,2,5,12H2,1H3,(H,14,15). The van der Waals surface area contributed by atoms with Gasteiger partial charge in [0.2, 0.25) is 0 Å². The largest absolute Gasteiger partial charge is 0.330 e. The number of aromatic amines is 1. The van der Waals surface area contributed by atoms with Crippen molar-refractivity contribution in [3.05, 3.63) is 35.8 Å². The van der Waals surface area contributed by atoms with Crippen LogP contribution in [0, 0.1) is 6.92 Å². The van der Waals surface area contributed by atoms with Gasteiger partial charge in [0.25, 0.3) is 0 Å². The van der Waals surface area contributed by atoms with E-state index < -0.39 is 0 Å². The number of hydrogen-bond acceptors (Lipinski definition) is 3. The highest BCUT2D eigenvalue weighted by molar-refractivity contribution is 5.62. The van der Waals surface area contributed by atoms with Crippen molar-refractivity contribution in [3.63, 3.8) is 0 Å². The van der Waals surface area contributed by atoms with Crippen molar-refractivity contribution in [1.29, 1.82) is 0 Å². The fraction of sp³-hybridized carbons (Fsp3) is 0.273. The molecule has 15 heavy (non-hydrogen) atoms. The quantitative estimate of drug-likeness (QED) is 0.787. The van der Waals surface area contributed by atoms with Gasteiger partial charge in [-0.05, 0) is 31.2 Å². The van der Waals surface area contributed by atoms with E-state index in [1.807, 2.05) is 12.1 Å². The van der Waals surface area contributed by atoms with Gasteiger partial charge in [0, 0.05) is 30.1 Å². The number of aromatic nitrogens is 3. The van der Waals surface area contributed by atoms with E-state index in [9.17, 15) is 0 Å². The summed E-state index contributed by atoms with van der Waals surface area (Å²) < 4.78 is 0. The van der Waals surface area contributed by atoms with Crippen LogP contribution in [0.3, 0.4) is 0 Å². The zero-order chi connectivity index (χ0) is 10.7. The van der Waals surface area contributed by atoms with Crippen LogP contribution >= 0.6 is 0 Å². The number of H-pyrrole nitrogens is 1. The smallest absolute Gasteiger partial charge is 0.0953 e. The lowest BCUT2D eigenvalue weighted by Gasteiger charge is -1.98. The van der Waals surface area contributed by atoms with E-state index in [4.69, 9.17) is 5.73 Å². The Labute approximate surface area is 88.5 Å². The van der Waals surface area contributed by atoms with Crippen molar-refractivity contribution >= 4 is 0 Å². The third kappa shape index (κ3) is 1.89. The molecule has 0 saturated heterocycles. The molecule has 2 rings (SSSR count). The average Bonchev–Trinajstić information content (AvgIpc) is 2.63. The topological polar surface area (TPSA) is 67.6 Å². The van der Waals surface area contributed by atoms with E-state index in [1.165, 1.54) is 5.56 Å². The predicted molar refractivity (Wildman–Crippen MR) is 59.3 cm³/mol. The Bertz CT molecular complexity index is 433. The lowest BCUT2D eigenvalue weighted by Crippen LogP contribution is -2.03. The first-order valence-electron chi connectivity index (χ1n) is 4.97. The van der Waals surface area contributed by atoms with Crippen molar-refractivity contribution in [2.45, 2.75) is 13.3 Å². The molecule has 0 aliphatic heterocycles. The molecule has 2 aromatic heterocycles. The van der Waals surface area contributed by atoms with Crippen LogP contribution in [0.4, 0.5) is 0 Å². The number of nitrogens with two attached hydrogens (primary N) is 1. The maximum atomic E-state index is 5.52. The third-order valence-corrected chi connectivity index (χ3v) is 2.46. The summed E-state index contributed by atoms with van der Waals surface area (Å²) in [5.74, 6) is 0. The molecule has 0 radical (unpaired) electrons. The monoisotopic (exact) mass is 202 g/mol. The Kier molecular flexibility index (Phi) is 2.78. The molecule has 0 bridgehead atoms. The fourth-order valence-electron chi connectivity index (χ4n) is 1.61. The molecule has 2 aromatic rings. The Balaban J connectivity index is 2.38. The van der Waals surface area contributed by atoms with Crippen molar-refractivity contribution in [2.24, 2.45) is 5.73 Å². The lowest BCUT2D eigenvalue weighted by molar-refractivity contribution is 0.896. The van der Waals surface area contributed by atoms with E-state index >= 15 is 0 Å². The molecule has 78 valence electrons. The maximum Gasteiger partial charge on any atom is 0.0953 e. The molecule has 0 saturated carbocycles. The first-order valence-corrected chi connectivity index (χ1v) is 4.97. The summed E-state index contributed by atoms with van der Waals surface area (Å²) in [6.07, 6.45) is 4.38. The second kappa shape index (κ2) is 4.23. The number of nitrogens with one attached hydrogen (secondary N) is 1. The summed E-state index contributed by atoms with van der Waals surface area (Å²) >= 11 is 0. The van der Waals surface area contributed by atoms with Gasteiger partial charge in [-0.2, -0.15) is 5.10 Å². The van der Waals surface area contributed by atoms with Gasteiger partial charge in [0.05, 0.1) is 5.69 Å². The summed E-state index contributed by atoms with van der Waals surface area (Å²) in [6, 6.07) is 3.91. The molecule has 0 unspecified atom stereocenters. The minimum absolute atomic E-state index is 0.638. The maximum absolute atomic E-state index is 5.52. The summed E-state index contributed by atoms with van der Waals surface area (Å²) in [6.45, 7) is 2.70. The van der Waals surface area contributed by atoms with Crippen LogP contribution in [0.25, 0.3) is 11.3 Å². The van der Waals surface area contributed by atoms with E-state index in [2.05, 4.69) is 22.1 Å². The third-order valence-electron chi connectivity index (χ3n) is 2.46. The minimum Gasteiger partial charge on any atom is -0.330 e. The molecule has 4 heteroatoms. The molecular formula is C11H14N4. The number of rotatable bonds is 3. The minimum atomic E-state index is 0.638. The number of nitrogens with zero attached hydrogens (tertiary/aromatic N) is 2. The van der Waals surface area contributed by atoms with Crippen molar-refractivity contribution in [2.75, 3.05) is 6.54 Å². The van der Waals surface area contributed by atoms with Crippen LogP contribution in [0.2, 0.25) is 0 Å². The van der Waals surface area contributed by atoms with E-state index in [1.54, 1.807) is 12.4 Å². The van der Waals surface area contributed by atoms with Crippen LogP contribution in [-0.2, 0) is 6.42 Å². The highest BCUT2D eigenvalue weighted by atomic mass is 15.1. The van der Waals surface area contributed by atoms with Gasteiger partial charge in [-0.1, -0.05) is 0 Å². The van der Waals surface area contributed by atoms with Gasteiger partial charge in [0.1, 0.15) is 0 Å². The second-order valence-corrected chi connectivity index (χ2v) is 3.45. The SMILES string of the molecule is Cc1c(-c2ccncc2)n[nH]c1CCN. The highest BCUT2D eigenvalue weighted by Gasteiger charge is 2.09. The summed E-state index contributed by atoms with van der Waals surface area (Å²) in [5, 5.41) is 7.32. The van der Waals surface area contributed by atoms with Gasteiger partial charge in [0.15, 0.2) is 0 Å². The second-order valence-electron chi connectivity index (χ2n) is 3.45. The van der Waals surface area contributed by atoms with Crippen molar-refractivity contribution in [1.82, 2.24) is 15.2 Å². The Morgan fingerprint density at radius 1 is 1.33 bits per heavy atom. The molecule has 3 N–H and O–H groups in total. The van der Waals surface area contributed by atoms with E-state index in [-0.39, 0.29) is 0 Å².